The van der Waals surface area contributed by atoms with Crippen LogP contribution in [0.3, 0.4) is 0 Å². The van der Waals surface area contributed by atoms with E-state index in [1.807, 2.05) is 48.5 Å². The molecule has 9 heteroatoms. The summed E-state index contributed by atoms with van der Waals surface area (Å²) in [6.45, 7) is -0.587. The predicted molar refractivity (Wildman–Crippen MR) is 180 cm³/mol. The van der Waals surface area contributed by atoms with Crippen LogP contribution in [0, 0.1) is 11.8 Å². The number of amides is 3. The highest BCUT2D eigenvalue weighted by Gasteiger charge is 2.63. The van der Waals surface area contributed by atoms with Crippen LogP contribution >= 0.6 is 11.6 Å². The van der Waals surface area contributed by atoms with Crippen molar-refractivity contribution >= 4 is 41.1 Å². The second-order valence-electron chi connectivity index (χ2n) is 12.3. The average Bonchev–Trinajstić information content (AvgIpc) is 3.40. The van der Waals surface area contributed by atoms with E-state index in [-0.39, 0.29) is 28.7 Å². The number of Topliss-reactive ketones (excluding diaryl/α,β-unsaturated/α-hetero) is 1. The van der Waals surface area contributed by atoms with Gasteiger partial charge in [0.1, 0.15) is 12.3 Å². The topological polar surface area (TPSA) is 101 Å². The molecule has 240 valence electrons. The molecule has 0 spiro atoms. The van der Waals surface area contributed by atoms with Gasteiger partial charge in [0.05, 0.1) is 17.4 Å². The first-order valence-corrected chi connectivity index (χ1v) is 16.2. The molecule has 5 aromatic carbocycles. The van der Waals surface area contributed by atoms with Gasteiger partial charge in [0.15, 0.2) is 5.78 Å². The number of imide groups is 1. The van der Waals surface area contributed by atoms with Gasteiger partial charge >= 0.3 is 5.97 Å². The highest BCUT2D eigenvalue weighted by atomic mass is 35.5. The number of halogens is 1. The minimum atomic E-state index is -0.739. The number of hydrazine groups is 1. The van der Waals surface area contributed by atoms with E-state index in [9.17, 15) is 24.0 Å². The fourth-order valence-corrected chi connectivity index (χ4v) is 7.68. The van der Waals surface area contributed by atoms with Crippen LogP contribution in [0.2, 0.25) is 5.02 Å². The lowest BCUT2D eigenvalue weighted by atomic mass is 9.55. The Hall–Kier alpha value is -5.86. The molecule has 49 heavy (non-hydrogen) atoms. The van der Waals surface area contributed by atoms with Crippen LogP contribution < -0.4 is 4.74 Å². The molecule has 1 fully saturated rings. The van der Waals surface area contributed by atoms with E-state index in [0.29, 0.717) is 10.6 Å². The first-order valence-electron chi connectivity index (χ1n) is 15.8. The van der Waals surface area contributed by atoms with Crippen LogP contribution in [-0.2, 0) is 9.59 Å². The van der Waals surface area contributed by atoms with Crippen LogP contribution in [0.25, 0.3) is 0 Å². The van der Waals surface area contributed by atoms with E-state index in [0.717, 1.165) is 32.3 Å². The Morgan fingerprint density at radius 2 is 1.06 bits per heavy atom. The molecule has 1 aliphatic heterocycles. The molecule has 9 rings (SSSR count). The van der Waals surface area contributed by atoms with Crippen molar-refractivity contribution in [1.82, 2.24) is 10.0 Å². The lowest BCUT2D eigenvalue weighted by molar-refractivity contribution is -0.154. The summed E-state index contributed by atoms with van der Waals surface area (Å²) in [5.74, 6) is -4.81. The monoisotopic (exact) mass is 666 g/mol. The van der Waals surface area contributed by atoms with Crippen molar-refractivity contribution in [3.63, 3.8) is 0 Å². The van der Waals surface area contributed by atoms with Crippen molar-refractivity contribution in [2.75, 3.05) is 6.54 Å². The molecule has 2 atom stereocenters. The number of carbonyl (C=O) groups excluding carboxylic acids is 5. The van der Waals surface area contributed by atoms with Gasteiger partial charge in [-0.25, -0.2) is 9.80 Å². The third kappa shape index (κ3) is 5.03. The van der Waals surface area contributed by atoms with Gasteiger partial charge in [0.25, 0.3) is 17.7 Å². The fraction of sp³-hybridized carbons (Fsp3) is 0.125. The number of ether oxygens (including phenoxy) is 1. The third-order valence-corrected chi connectivity index (χ3v) is 9.93. The van der Waals surface area contributed by atoms with Crippen LogP contribution in [0.1, 0.15) is 65.2 Å². The molecule has 2 bridgehead atoms. The molecule has 3 amide bonds. The fourth-order valence-electron chi connectivity index (χ4n) is 7.55. The van der Waals surface area contributed by atoms with E-state index in [2.05, 4.69) is 0 Å². The van der Waals surface area contributed by atoms with E-state index < -0.39 is 47.9 Å². The Kier molecular flexibility index (Phi) is 7.45. The van der Waals surface area contributed by atoms with Gasteiger partial charge in [0.2, 0.25) is 0 Å². The molecule has 1 saturated heterocycles. The van der Waals surface area contributed by atoms with Crippen molar-refractivity contribution in [2.24, 2.45) is 11.8 Å². The molecule has 0 N–H and O–H groups in total. The third-order valence-electron chi connectivity index (χ3n) is 9.68. The molecule has 0 radical (unpaired) electrons. The average molecular weight is 667 g/mol. The highest BCUT2D eigenvalue weighted by molar-refractivity contribution is 6.30. The smallest absolute Gasteiger partial charge is 0.343 e. The molecule has 0 saturated carbocycles. The summed E-state index contributed by atoms with van der Waals surface area (Å²) in [5.41, 5.74) is 4.71. The summed E-state index contributed by atoms with van der Waals surface area (Å²) in [6.07, 6.45) is 0. The van der Waals surface area contributed by atoms with E-state index in [1.54, 1.807) is 30.3 Å². The van der Waals surface area contributed by atoms with Crippen molar-refractivity contribution < 1.29 is 28.7 Å². The van der Waals surface area contributed by atoms with Crippen LogP contribution in [0.15, 0.2) is 127 Å². The largest absolute Gasteiger partial charge is 0.423 e. The zero-order valence-electron chi connectivity index (χ0n) is 25.9. The van der Waals surface area contributed by atoms with Gasteiger partial charge in [-0.15, -0.1) is 0 Å². The Bertz CT molecular complexity index is 2050. The maximum absolute atomic E-state index is 14.5. The van der Waals surface area contributed by atoms with Crippen LogP contribution in [-0.4, -0.2) is 46.0 Å². The summed E-state index contributed by atoms with van der Waals surface area (Å²) < 4.78 is 5.44. The molecule has 0 aromatic heterocycles. The number of nitrogens with zero attached hydrogens (tertiary/aromatic N) is 2. The lowest BCUT2D eigenvalue weighted by Crippen LogP contribution is -2.52. The van der Waals surface area contributed by atoms with Gasteiger partial charge in [-0.2, -0.15) is 5.01 Å². The molecule has 4 aliphatic rings. The number of hydrogen-bond donors (Lipinski definition) is 0. The SMILES string of the molecule is O=C(CN(C(=O)c1ccc(Cl)cc1)N1C(=O)[C@@H]2C3c4ccccc4C(c4ccccc43)[C@@H]2C1=O)c1ccc(OC(=O)c2ccccc2)cc1. The van der Waals surface area contributed by atoms with Crippen molar-refractivity contribution in [1.29, 1.82) is 0 Å². The summed E-state index contributed by atoms with van der Waals surface area (Å²) in [6, 6.07) is 36.2. The summed E-state index contributed by atoms with van der Waals surface area (Å²) in [7, 11) is 0. The van der Waals surface area contributed by atoms with E-state index in [1.165, 1.54) is 48.5 Å². The Labute approximate surface area is 286 Å². The number of esters is 1. The first-order chi connectivity index (χ1) is 23.8. The zero-order chi connectivity index (χ0) is 33.8. The molecule has 5 aromatic rings. The summed E-state index contributed by atoms with van der Waals surface area (Å²) in [5, 5.41) is 2.27. The molecule has 3 aliphatic carbocycles. The minimum Gasteiger partial charge on any atom is -0.423 e. The second kappa shape index (κ2) is 12.0. The Morgan fingerprint density at radius 1 is 0.592 bits per heavy atom. The number of ketones is 1. The van der Waals surface area contributed by atoms with Gasteiger partial charge in [-0.3, -0.25) is 19.2 Å². The van der Waals surface area contributed by atoms with Crippen LogP contribution in [0.4, 0.5) is 0 Å². The Morgan fingerprint density at radius 3 is 1.57 bits per heavy atom. The van der Waals surface area contributed by atoms with Gasteiger partial charge in [0, 0.05) is 28.0 Å². The van der Waals surface area contributed by atoms with Gasteiger partial charge in [-0.05, 0) is 82.9 Å². The number of carbonyl (C=O) groups is 5. The minimum absolute atomic E-state index is 0.158. The number of benzene rings is 5. The highest BCUT2D eigenvalue weighted by Crippen LogP contribution is 2.61. The molecule has 1 heterocycles. The molecule has 8 nitrogen and oxygen atoms in total. The lowest BCUT2D eigenvalue weighted by Gasteiger charge is -2.45. The normalized spacial score (nSPS) is 19.9. The zero-order valence-corrected chi connectivity index (χ0v) is 26.6. The van der Waals surface area contributed by atoms with Crippen LogP contribution in [0.5, 0.6) is 5.75 Å². The van der Waals surface area contributed by atoms with E-state index >= 15 is 0 Å². The quantitative estimate of drug-likeness (QED) is 0.0830. The molecule has 0 unspecified atom stereocenters. The van der Waals surface area contributed by atoms with Crippen molar-refractivity contribution in [3.8, 4) is 5.75 Å². The molecular weight excluding hydrogens is 640 g/mol. The first kappa shape index (κ1) is 30.5. The van der Waals surface area contributed by atoms with Crippen molar-refractivity contribution in [3.05, 3.63) is 171 Å². The number of hydrogen-bond acceptors (Lipinski definition) is 6. The second-order valence-corrected chi connectivity index (χ2v) is 12.8. The maximum Gasteiger partial charge on any atom is 0.343 e. The van der Waals surface area contributed by atoms with Gasteiger partial charge in [-0.1, -0.05) is 78.3 Å². The van der Waals surface area contributed by atoms with E-state index in [4.69, 9.17) is 16.3 Å². The standard InChI is InChI=1S/C40H27ClN2O6/c41-26-18-14-24(15-19-26)37(45)42(22-32(44)23-16-20-27(21-17-23)49-40(48)25-8-2-1-3-9-25)43-38(46)35-33-28-10-4-5-11-29(28)34(36(35)39(43)47)31-13-7-6-12-30(31)33/h1-21,33-36H,22H2/t33?,34?,35-,36+. The van der Waals surface area contributed by atoms with Crippen molar-refractivity contribution in [2.45, 2.75) is 11.8 Å². The predicted octanol–water partition coefficient (Wildman–Crippen LogP) is 6.69. The van der Waals surface area contributed by atoms with Gasteiger partial charge < -0.3 is 4.74 Å². The number of rotatable bonds is 7. The summed E-state index contributed by atoms with van der Waals surface area (Å²) in [4.78, 5) is 69.5. The molecular formula is C40H27ClN2O6. The summed E-state index contributed by atoms with van der Waals surface area (Å²) >= 11 is 6.09. The Balaban J connectivity index is 1.12. The maximum atomic E-state index is 14.5.